The minimum atomic E-state index is -0.995. The van der Waals surface area contributed by atoms with Gasteiger partial charge >= 0.3 is 5.97 Å². The zero-order valence-corrected chi connectivity index (χ0v) is 12.7. The number of hydrogen-bond acceptors (Lipinski definition) is 3. The van der Waals surface area contributed by atoms with E-state index in [0.29, 0.717) is 0 Å². The SMILES string of the molecule is CC(C)OC(=O)[C@@]1(c2ccc3ccccc3c2)C=CC(=O)C1. The monoisotopic (exact) mass is 294 g/mol. The first-order chi connectivity index (χ1) is 10.5. The van der Waals surface area contributed by atoms with Gasteiger partial charge in [0.1, 0.15) is 5.41 Å². The third-order valence-electron chi connectivity index (χ3n) is 3.98. The minimum Gasteiger partial charge on any atom is -0.462 e. The van der Waals surface area contributed by atoms with E-state index in [4.69, 9.17) is 4.74 Å². The van der Waals surface area contributed by atoms with Gasteiger partial charge in [-0.3, -0.25) is 9.59 Å². The van der Waals surface area contributed by atoms with Crippen molar-refractivity contribution in [1.82, 2.24) is 0 Å². The summed E-state index contributed by atoms with van der Waals surface area (Å²) in [5, 5.41) is 2.15. The largest absolute Gasteiger partial charge is 0.462 e. The molecular weight excluding hydrogens is 276 g/mol. The standard InChI is InChI=1S/C19H18O3/c1-13(2)22-18(21)19(10-9-17(20)12-19)16-8-7-14-5-3-4-6-15(14)11-16/h3-11,13H,12H2,1-2H3/t19-/m0/s1. The highest BCUT2D eigenvalue weighted by Crippen LogP contribution is 2.37. The van der Waals surface area contributed by atoms with Crippen LogP contribution in [0.3, 0.4) is 0 Å². The summed E-state index contributed by atoms with van der Waals surface area (Å²) >= 11 is 0. The summed E-state index contributed by atoms with van der Waals surface area (Å²) in [5.74, 6) is -0.409. The Bertz CT molecular complexity index is 773. The molecule has 2 aromatic carbocycles. The summed E-state index contributed by atoms with van der Waals surface area (Å²) in [6.45, 7) is 3.62. The van der Waals surface area contributed by atoms with E-state index in [1.165, 1.54) is 6.08 Å². The van der Waals surface area contributed by atoms with Crippen LogP contribution in [0.1, 0.15) is 25.8 Å². The predicted octanol–water partition coefficient (Wildman–Crippen LogP) is 3.56. The van der Waals surface area contributed by atoms with Crippen molar-refractivity contribution in [2.75, 3.05) is 0 Å². The van der Waals surface area contributed by atoms with Gasteiger partial charge in [0.05, 0.1) is 6.10 Å². The molecule has 0 aromatic heterocycles. The van der Waals surface area contributed by atoms with Crippen LogP contribution in [-0.4, -0.2) is 17.9 Å². The molecule has 22 heavy (non-hydrogen) atoms. The van der Waals surface area contributed by atoms with E-state index in [2.05, 4.69) is 0 Å². The normalized spacial score (nSPS) is 20.8. The zero-order valence-electron chi connectivity index (χ0n) is 12.7. The fraction of sp³-hybridized carbons (Fsp3) is 0.263. The van der Waals surface area contributed by atoms with Crippen molar-refractivity contribution in [3.8, 4) is 0 Å². The number of carbonyl (C=O) groups excluding carboxylic acids is 2. The van der Waals surface area contributed by atoms with E-state index in [9.17, 15) is 9.59 Å². The van der Waals surface area contributed by atoms with Crippen LogP contribution < -0.4 is 0 Å². The van der Waals surface area contributed by atoms with E-state index in [0.717, 1.165) is 16.3 Å². The number of ketones is 1. The average molecular weight is 294 g/mol. The number of esters is 1. The number of allylic oxidation sites excluding steroid dienone is 1. The maximum absolute atomic E-state index is 12.6. The van der Waals surface area contributed by atoms with Gasteiger partial charge in [0.15, 0.2) is 5.78 Å². The molecule has 0 fully saturated rings. The number of rotatable bonds is 3. The predicted molar refractivity (Wildman–Crippen MR) is 85.6 cm³/mol. The Morgan fingerprint density at radius 2 is 1.86 bits per heavy atom. The van der Waals surface area contributed by atoms with Gasteiger partial charge in [0, 0.05) is 6.42 Å². The van der Waals surface area contributed by atoms with Gasteiger partial charge in [-0.2, -0.15) is 0 Å². The zero-order chi connectivity index (χ0) is 15.7. The van der Waals surface area contributed by atoms with Crippen molar-refractivity contribution in [2.45, 2.75) is 31.8 Å². The summed E-state index contributed by atoms with van der Waals surface area (Å²) in [6, 6.07) is 13.8. The second-order valence-corrected chi connectivity index (χ2v) is 5.96. The molecule has 0 bridgehead atoms. The Kier molecular flexibility index (Phi) is 3.57. The topological polar surface area (TPSA) is 43.4 Å². The maximum atomic E-state index is 12.6. The van der Waals surface area contributed by atoms with Gasteiger partial charge in [-0.15, -0.1) is 0 Å². The number of benzene rings is 2. The molecule has 1 atom stereocenters. The van der Waals surface area contributed by atoms with Gasteiger partial charge in [0.25, 0.3) is 0 Å². The molecule has 0 unspecified atom stereocenters. The summed E-state index contributed by atoms with van der Waals surface area (Å²) in [5.41, 5.74) is -0.190. The van der Waals surface area contributed by atoms with Crippen molar-refractivity contribution in [3.05, 3.63) is 60.2 Å². The quantitative estimate of drug-likeness (QED) is 0.813. The summed E-state index contributed by atoms with van der Waals surface area (Å²) in [4.78, 5) is 24.4. The number of fused-ring (bicyclic) bond motifs is 1. The van der Waals surface area contributed by atoms with Gasteiger partial charge in [0.2, 0.25) is 0 Å². The molecule has 0 radical (unpaired) electrons. The number of ether oxygens (including phenoxy) is 1. The molecule has 2 aromatic rings. The number of carbonyl (C=O) groups is 2. The lowest BCUT2D eigenvalue weighted by molar-refractivity contribution is -0.153. The molecule has 0 N–H and O–H groups in total. The van der Waals surface area contributed by atoms with Crippen LogP contribution in [0.4, 0.5) is 0 Å². The summed E-state index contributed by atoms with van der Waals surface area (Å²) < 4.78 is 5.41. The second kappa shape index (κ2) is 5.41. The third-order valence-corrected chi connectivity index (χ3v) is 3.98. The number of hydrogen-bond donors (Lipinski definition) is 0. The molecule has 3 heteroatoms. The molecule has 0 saturated heterocycles. The Balaban J connectivity index is 2.10. The van der Waals surface area contributed by atoms with Gasteiger partial charge in [-0.25, -0.2) is 0 Å². The fourth-order valence-electron chi connectivity index (χ4n) is 2.87. The van der Waals surface area contributed by atoms with Crippen LogP contribution in [-0.2, 0) is 19.7 Å². The Labute approximate surface area is 129 Å². The minimum absolute atomic E-state index is 0.0473. The van der Waals surface area contributed by atoms with Gasteiger partial charge in [-0.05, 0) is 42.3 Å². The average Bonchev–Trinajstić information content (AvgIpc) is 2.89. The van der Waals surface area contributed by atoms with E-state index < -0.39 is 5.41 Å². The molecule has 112 valence electrons. The summed E-state index contributed by atoms with van der Waals surface area (Å²) in [7, 11) is 0. The third kappa shape index (κ3) is 2.43. The van der Waals surface area contributed by atoms with Gasteiger partial charge in [-0.1, -0.05) is 42.5 Å². The second-order valence-electron chi connectivity index (χ2n) is 5.96. The molecule has 1 aliphatic rings. The van der Waals surface area contributed by atoms with Crippen LogP contribution >= 0.6 is 0 Å². The molecule has 0 aliphatic heterocycles. The smallest absolute Gasteiger partial charge is 0.321 e. The highest BCUT2D eigenvalue weighted by molar-refractivity contribution is 6.03. The van der Waals surface area contributed by atoms with Crippen LogP contribution in [0.25, 0.3) is 10.8 Å². The van der Waals surface area contributed by atoms with Crippen LogP contribution in [0.15, 0.2) is 54.6 Å². The van der Waals surface area contributed by atoms with Crippen LogP contribution in [0.5, 0.6) is 0 Å². The lowest BCUT2D eigenvalue weighted by atomic mass is 9.79. The lowest BCUT2D eigenvalue weighted by Gasteiger charge is -2.26. The molecule has 3 nitrogen and oxygen atoms in total. The highest BCUT2D eigenvalue weighted by Gasteiger charge is 2.44. The first-order valence-corrected chi connectivity index (χ1v) is 7.44. The molecule has 1 aliphatic carbocycles. The lowest BCUT2D eigenvalue weighted by Crippen LogP contribution is -2.36. The maximum Gasteiger partial charge on any atom is 0.321 e. The summed E-state index contributed by atoms with van der Waals surface area (Å²) in [6.07, 6.45) is 3.09. The van der Waals surface area contributed by atoms with E-state index in [1.54, 1.807) is 6.08 Å². The van der Waals surface area contributed by atoms with Gasteiger partial charge < -0.3 is 4.74 Å². The molecule has 0 heterocycles. The fourth-order valence-corrected chi connectivity index (χ4v) is 2.87. The first-order valence-electron chi connectivity index (χ1n) is 7.44. The molecule has 0 spiro atoms. The molecule has 0 amide bonds. The van der Waals surface area contributed by atoms with Crippen molar-refractivity contribution in [3.63, 3.8) is 0 Å². The van der Waals surface area contributed by atoms with Crippen molar-refractivity contribution < 1.29 is 14.3 Å². The van der Waals surface area contributed by atoms with Crippen molar-refractivity contribution >= 4 is 22.5 Å². The Morgan fingerprint density at radius 1 is 1.14 bits per heavy atom. The van der Waals surface area contributed by atoms with Crippen molar-refractivity contribution in [2.24, 2.45) is 0 Å². The van der Waals surface area contributed by atoms with Crippen LogP contribution in [0, 0.1) is 0 Å². The van der Waals surface area contributed by atoms with Crippen LogP contribution in [0.2, 0.25) is 0 Å². The molecule has 0 saturated carbocycles. The first kappa shape index (κ1) is 14.5. The van der Waals surface area contributed by atoms with Crippen molar-refractivity contribution in [1.29, 1.82) is 0 Å². The van der Waals surface area contributed by atoms with E-state index >= 15 is 0 Å². The Hall–Kier alpha value is -2.42. The van der Waals surface area contributed by atoms with E-state index in [1.807, 2.05) is 56.3 Å². The molecular formula is C19H18O3. The highest BCUT2D eigenvalue weighted by atomic mass is 16.5. The Morgan fingerprint density at radius 3 is 2.50 bits per heavy atom. The molecule has 3 rings (SSSR count). The van der Waals surface area contributed by atoms with E-state index in [-0.39, 0.29) is 24.3 Å².